The summed E-state index contributed by atoms with van der Waals surface area (Å²) in [5.41, 5.74) is 2.34. The van der Waals surface area contributed by atoms with Crippen LogP contribution in [0.25, 0.3) is 10.9 Å². The zero-order valence-corrected chi connectivity index (χ0v) is 17.0. The lowest BCUT2D eigenvalue weighted by Crippen LogP contribution is -2.41. The van der Waals surface area contributed by atoms with Gasteiger partial charge in [0.15, 0.2) is 0 Å². The van der Waals surface area contributed by atoms with Crippen molar-refractivity contribution in [1.82, 2.24) is 9.88 Å². The van der Waals surface area contributed by atoms with Crippen LogP contribution in [0.15, 0.2) is 72.9 Å². The molecular formula is C25H23N3O3. The van der Waals surface area contributed by atoms with Gasteiger partial charge in [0.1, 0.15) is 5.60 Å². The van der Waals surface area contributed by atoms with Crippen LogP contribution in [-0.4, -0.2) is 46.5 Å². The number of aromatic amines is 1. The number of rotatable bonds is 5. The van der Waals surface area contributed by atoms with Crippen LogP contribution in [0.4, 0.5) is 5.69 Å². The third-order valence-corrected chi connectivity index (χ3v) is 6.85. The third-order valence-electron chi connectivity index (χ3n) is 6.85. The van der Waals surface area contributed by atoms with Crippen molar-refractivity contribution in [3.05, 3.63) is 78.5 Å². The van der Waals surface area contributed by atoms with Gasteiger partial charge in [0.2, 0.25) is 11.8 Å². The lowest BCUT2D eigenvalue weighted by molar-refractivity contribution is -0.135. The number of hydrogen-bond donors (Lipinski definition) is 2. The van der Waals surface area contributed by atoms with Gasteiger partial charge < -0.3 is 19.9 Å². The molecule has 0 aliphatic carbocycles. The van der Waals surface area contributed by atoms with Crippen LogP contribution >= 0.6 is 0 Å². The fraction of sp³-hybridized carbons (Fsp3) is 0.280. The number of nitrogens with zero attached hydrogens (tertiary/aromatic N) is 1. The Morgan fingerprint density at radius 3 is 2.84 bits per heavy atom. The van der Waals surface area contributed by atoms with E-state index in [4.69, 9.17) is 4.74 Å². The average Bonchev–Trinajstić information content (AvgIpc) is 3.53. The fourth-order valence-corrected chi connectivity index (χ4v) is 5.41. The molecule has 31 heavy (non-hydrogen) atoms. The minimum atomic E-state index is -0.680. The van der Waals surface area contributed by atoms with Gasteiger partial charge in [0.05, 0.1) is 24.5 Å². The first-order chi connectivity index (χ1) is 15.1. The summed E-state index contributed by atoms with van der Waals surface area (Å²) in [5, 5.41) is 4.15. The van der Waals surface area contributed by atoms with Crippen LogP contribution in [0, 0.1) is 11.8 Å². The SMILES string of the molecule is O=C(Nc1ccccc1)C1[C@H]2C=C[C@@]3(CN(CCc4c[nH]c5ccccc45)C(=O)[C@@H]13)O2. The molecule has 2 aromatic carbocycles. The molecule has 3 aromatic rings. The maximum Gasteiger partial charge on any atom is 0.231 e. The number of fused-ring (bicyclic) bond motifs is 2. The van der Waals surface area contributed by atoms with Crippen molar-refractivity contribution in [3.8, 4) is 0 Å². The number of H-pyrrole nitrogens is 1. The quantitative estimate of drug-likeness (QED) is 0.631. The number of benzene rings is 2. The zero-order valence-electron chi connectivity index (χ0n) is 17.0. The largest absolute Gasteiger partial charge is 0.361 e. The summed E-state index contributed by atoms with van der Waals surface area (Å²) in [5.74, 6) is -1.11. The number of para-hydroxylation sites is 2. The summed E-state index contributed by atoms with van der Waals surface area (Å²) < 4.78 is 6.22. The molecule has 2 fully saturated rings. The number of hydrogen-bond acceptors (Lipinski definition) is 3. The van der Waals surface area contributed by atoms with E-state index in [1.54, 1.807) is 0 Å². The van der Waals surface area contributed by atoms with E-state index in [1.807, 2.05) is 65.7 Å². The Hall–Kier alpha value is -3.38. The van der Waals surface area contributed by atoms with Crippen LogP contribution in [0.1, 0.15) is 5.56 Å². The normalized spacial score (nSPS) is 28.5. The molecule has 4 atom stereocenters. The fourth-order valence-electron chi connectivity index (χ4n) is 5.41. The summed E-state index contributed by atoms with van der Waals surface area (Å²) in [4.78, 5) is 31.6. The van der Waals surface area contributed by atoms with Crippen molar-refractivity contribution in [1.29, 1.82) is 0 Å². The highest BCUT2D eigenvalue weighted by atomic mass is 16.5. The molecule has 0 radical (unpaired) electrons. The summed E-state index contributed by atoms with van der Waals surface area (Å²) in [6.07, 6.45) is 6.38. The van der Waals surface area contributed by atoms with Gasteiger partial charge in [-0.2, -0.15) is 0 Å². The molecule has 6 heteroatoms. The highest BCUT2D eigenvalue weighted by Gasteiger charge is 2.66. The van der Waals surface area contributed by atoms with Crippen LogP contribution in [0.5, 0.6) is 0 Å². The Morgan fingerprint density at radius 1 is 1.16 bits per heavy atom. The standard InChI is InChI=1S/C25H23N3O3/c29-23(27-17-6-2-1-3-7-17)21-20-10-12-25(31-20)15-28(24(30)22(21)25)13-11-16-14-26-19-9-5-4-8-18(16)19/h1-10,12,14,20-22,26H,11,13,15H2,(H,27,29)/t20-,21?,22-,25+/m1/s1. The first-order valence-electron chi connectivity index (χ1n) is 10.7. The molecule has 6 nitrogen and oxygen atoms in total. The molecule has 1 unspecified atom stereocenters. The first-order valence-corrected chi connectivity index (χ1v) is 10.7. The van der Waals surface area contributed by atoms with E-state index >= 15 is 0 Å². The maximum absolute atomic E-state index is 13.4. The molecule has 2 bridgehead atoms. The second-order valence-electron chi connectivity index (χ2n) is 8.62. The van der Waals surface area contributed by atoms with Crippen molar-refractivity contribution in [2.75, 3.05) is 18.4 Å². The van der Waals surface area contributed by atoms with E-state index in [0.29, 0.717) is 13.1 Å². The van der Waals surface area contributed by atoms with E-state index in [1.165, 1.54) is 10.9 Å². The van der Waals surface area contributed by atoms with Gasteiger partial charge in [0.25, 0.3) is 0 Å². The van der Waals surface area contributed by atoms with Gasteiger partial charge in [-0.25, -0.2) is 0 Å². The number of ether oxygens (including phenoxy) is 1. The Bertz CT molecular complexity index is 1200. The van der Waals surface area contributed by atoms with Crippen LogP contribution in [-0.2, 0) is 20.7 Å². The Morgan fingerprint density at radius 2 is 1.97 bits per heavy atom. The highest BCUT2D eigenvalue weighted by molar-refractivity contribution is 5.99. The van der Waals surface area contributed by atoms with Gasteiger partial charge in [-0.15, -0.1) is 0 Å². The molecule has 4 heterocycles. The lowest BCUT2D eigenvalue weighted by atomic mass is 9.77. The molecular weight excluding hydrogens is 390 g/mol. The smallest absolute Gasteiger partial charge is 0.231 e. The molecule has 2 saturated heterocycles. The minimum Gasteiger partial charge on any atom is -0.361 e. The van der Waals surface area contributed by atoms with E-state index in [0.717, 1.165) is 17.6 Å². The minimum absolute atomic E-state index is 0.0138. The van der Waals surface area contributed by atoms with E-state index in [9.17, 15) is 9.59 Å². The summed E-state index contributed by atoms with van der Waals surface area (Å²) in [6.45, 7) is 1.11. The molecule has 156 valence electrons. The predicted molar refractivity (Wildman–Crippen MR) is 117 cm³/mol. The second kappa shape index (κ2) is 6.82. The van der Waals surface area contributed by atoms with Crippen LogP contribution in [0.2, 0.25) is 0 Å². The van der Waals surface area contributed by atoms with Crippen molar-refractivity contribution < 1.29 is 14.3 Å². The Labute approximate surface area is 179 Å². The van der Waals surface area contributed by atoms with Gasteiger partial charge in [-0.05, 0) is 30.2 Å². The predicted octanol–water partition coefficient (Wildman–Crippen LogP) is 3.13. The van der Waals surface area contributed by atoms with Gasteiger partial charge in [0, 0.05) is 29.3 Å². The number of aromatic nitrogens is 1. The highest BCUT2D eigenvalue weighted by Crippen LogP contribution is 2.52. The van der Waals surface area contributed by atoms with E-state index < -0.39 is 17.4 Å². The van der Waals surface area contributed by atoms with Gasteiger partial charge in [-0.3, -0.25) is 9.59 Å². The lowest BCUT2D eigenvalue weighted by Gasteiger charge is -2.23. The number of carbonyl (C=O) groups is 2. The van der Waals surface area contributed by atoms with Crippen LogP contribution in [0.3, 0.4) is 0 Å². The summed E-state index contributed by atoms with van der Waals surface area (Å²) in [6, 6.07) is 17.5. The summed E-state index contributed by atoms with van der Waals surface area (Å²) >= 11 is 0. The molecule has 1 aromatic heterocycles. The number of anilines is 1. The van der Waals surface area contributed by atoms with Gasteiger partial charge in [-0.1, -0.05) is 48.6 Å². The van der Waals surface area contributed by atoms with Crippen molar-refractivity contribution in [2.24, 2.45) is 11.8 Å². The molecule has 6 rings (SSSR count). The molecule has 3 aliphatic rings. The maximum atomic E-state index is 13.4. The molecule has 3 aliphatic heterocycles. The first kappa shape index (κ1) is 18.4. The molecule has 0 saturated carbocycles. The summed E-state index contributed by atoms with van der Waals surface area (Å²) in [7, 11) is 0. The number of likely N-dealkylation sites (tertiary alicyclic amines) is 1. The monoisotopic (exact) mass is 413 g/mol. The average molecular weight is 413 g/mol. The Kier molecular flexibility index (Phi) is 4.05. The van der Waals surface area contributed by atoms with Crippen molar-refractivity contribution in [3.63, 3.8) is 0 Å². The molecule has 2 N–H and O–H groups in total. The van der Waals surface area contributed by atoms with Gasteiger partial charge >= 0.3 is 0 Å². The number of amides is 2. The number of carbonyl (C=O) groups excluding carboxylic acids is 2. The third kappa shape index (κ3) is 2.82. The van der Waals surface area contributed by atoms with E-state index in [2.05, 4.69) is 22.4 Å². The van der Waals surface area contributed by atoms with E-state index in [-0.39, 0.29) is 17.9 Å². The van der Waals surface area contributed by atoms with Crippen molar-refractivity contribution >= 4 is 28.4 Å². The molecule has 2 amide bonds. The second-order valence-corrected chi connectivity index (χ2v) is 8.62. The zero-order chi connectivity index (χ0) is 21.0. The topological polar surface area (TPSA) is 74.4 Å². The Balaban J connectivity index is 1.21. The van der Waals surface area contributed by atoms with Crippen molar-refractivity contribution in [2.45, 2.75) is 18.1 Å². The van der Waals surface area contributed by atoms with Crippen LogP contribution < -0.4 is 5.32 Å². The number of nitrogens with one attached hydrogen (secondary N) is 2. The molecule has 1 spiro atoms.